The van der Waals surface area contributed by atoms with Crippen LogP contribution in [0, 0.1) is 0 Å². The Morgan fingerprint density at radius 3 is 2.80 bits per heavy atom. The first-order valence-electron chi connectivity index (χ1n) is 6.25. The molecular weight excluding hydrogens is 274 g/mol. The van der Waals surface area contributed by atoms with Gasteiger partial charge in [-0.05, 0) is 30.2 Å². The largest absolute Gasteiger partial charge is 0.486 e. The minimum absolute atomic E-state index is 0.386. The molecule has 0 aliphatic heterocycles. The fourth-order valence-corrected chi connectivity index (χ4v) is 2.32. The zero-order valence-corrected chi connectivity index (χ0v) is 11.9. The summed E-state index contributed by atoms with van der Waals surface area (Å²) >= 11 is 1.42. The van der Waals surface area contributed by atoms with Crippen LogP contribution in [0.3, 0.4) is 0 Å². The highest BCUT2D eigenvalue weighted by molar-refractivity contribution is 7.12. The molecule has 0 aliphatic carbocycles. The lowest BCUT2D eigenvalue weighted by atomic mass is 10.2. The van der Waals surface area contributed by atoms with Crippen LogP contribution >= 0.6 is 11.3 Å². The van der Waals surface area contributed by atoms with Crippen LogP contribution in [-0.4, -0.2) is 16.1 Å². The highest BCUT2D eigenvalue weighted by Gasteiger charge is 2.02. The second-order valence-electron chi connectivity index (χ2n) is 4.11. The van der Waals surface area contributed by atoms with Gasteiger partial charge in [-0.2, -0.15) is 0 Å². The molecule has 104 valence electrons. The summed E-state index contributed by atoms with van der Waals surface area (Å²) < 4.78 is 5.64. The van der Waals surface area contributed by atoms with Crippen molar-refractivity contribution in [2.75, 3.05) is 0 Å². The van der Waals surface area contributed by atoms with Crippen LogP contribution in [0.15, 0.2) is 36.5 Å². The molecule has 1 aromatic carbocycles. The molecule has 0 aliphatic rings. The maximum Gasteiger partial charge on any atom is 0.328 e. The van der Waals surface area contributed by atoms with Crippen molar-refractivity contribution in [3.8, 4) is 5.75 Å². The molecule has 5 heteroatoms. The molecule has 1 heterocycles. The summed E-state index contributed by atoms with van der Waals surface area (Å²) in [5.41, 5.74) is 1.27. The van der Waals surface area contributed by atoms with E-state index in [0.717, 1.165) is 28.1 Å². The molecule has 1 aromatic heterocycles. The van der Waals surface area contributed by atoms with Gasteiger partial charge >= 0.3 is 5.97 Å². The summed E-state index contributed by atoms with van der Waals surface area (Å²) in [5, 5.41) is 9.36. The van der Waals surface area contributed by atoms with Crippen molar-refractivity contribution in [1.29, 1.82) is 0 Å². The minimum Gasteiger partial charge on any atom is -0.486 e. The summed E-state index contributed by atoms with van der Waals surface area (Å²) in [4.78, 5) is 15.4. The van der Waals surface area contributed by atoms with Gasteiger partial charge in [-0.1, -0.05) is 19.1 Å². The molecule has 0 amide bonds. The van der Waals surface area contributed by atoms with E-state index in [1.807, 2.05) is 24.3 Å². The molecule has 0 saturated carbocycles. The van der Waals surface area contributed by atoms with Gasteiger partial charge in [0, 0.05) is 17.2 Å². The Morgan fingerprint density at radius 2 is 2.15 bits per heavy atom. The number of hydrogen-bond acceptors (Lipinski definition) is 4. The number of rotatable bonds is 6. The summed E-state index contributed by atoms with van der Waals surface area (Å²) in [5.74, 6) is -0.160. The molecule has 0 saturated heterocycles. The average Bonchev–Trinajstić information content (AvgIpc) is 2.91. The second kappa shape index (κ2) is 6.86. The van der Waals surface area contributed by atoms with Crippen LogP contribution in [-0.2, 0) is 17.8 Å². The van der Waals surface area contributed by atoms with Crippen LogP contribution in [0.25, 0.3) is 6.08 Å². The third-order valence-corrected chi connectivity index (χ3v) is 3.59. The first-order chi connectivity index (χ1) is 9.67. The summed E-state index contributed by atoms with van der Waals surface area (Å²) in [6.45, 7) is 2.49. The van der Waals surface area contributed by atoms with Crippen molar-refractivity contribution >= 4 is 23.4 Å². The zero-order valence-electron chi connectivity index (χ0n) is 11.1. The standard InChI is InChI=1S/C15H15NO3S/c1-2-11-3-5-12(6-4-11)19-10-14-16-9-13(20-14)7-8-15(17)18/h3-9H,2,10H2,1H3,(H,17,18)/b8-7+. The van der Waals surface area contributed by atoms with Crippen molar-refractivity contribution in [1.82, 2.24) is 4.98 Å². The number of hydrogen-bond donors (Lipinski definition) is 1. The van der Waals surface area contributed by atoms with Crippen LogP contribution in [0.1, 0.15) is 22.4 Å². The SMILES string of the molecule is CCc1ccc(OCc2ncc(/C=C/C(=O)O)s2)cc1. The number of carbonyl (C=O) groups is 1. The van der Waals surface area contributed by atoms with Crippen LogP contribution in [0.4, 0.5) is 0 Å². The molecule has 0 unspecified atom stereocenters. The number of aliphatic carboxylic acids is 1. The first kappa shape index (κ1) is 14.3. The third kappa shape index (κ3) is 4.20. The molecule has 2 rings (SSSR count). The van der Waals surface area contributed by atoms with Gasteiger partial charge in [-0.3, -0.25) is 0 Å². The van der Waals surface area contributed by atoms with Crippen molar-refractivity contribution in [2.45, 2.75) is 20.0 Å². The molecule has 2 aromatic rings. The highest BCUT2D eigenvalue weighted by Crippen LogP contribution is 2.18. The average molecular weight is 289 g/mol. The molecule has 0 fully saturated rings. The topological polar surface area (TPSA) is 59.4 Å². The number of nitrogens with zero attached hydrogens (tertiary/aromatic N) is 1. The van der Waals surface area contributed by atoms with E-state index >= 15 is 0 Å². The first-order valence-corrected chi connectivity index (χ1v) is 7.06. The lowest BCUT2D eigenvalue weighted by Gasteiger charge is -2.04. The molecule has 1 N–H and O–H groups in total. The van der Waals surface area contributed by atoms with E-state index in [-0.39, 0.29) is 0 Å². The Labute approximate surface area is 121 Å². The number of benzene rings is 1. The highest BCUT2D eigenvalue weighted by atomic mass is 32.1. The number of ether oxygens (including phenoxy) is 1. The van der Waals surface area contributed by atoms with Gasteiger partial charge in [0.25, 0.3) is 0 Å². The molecule has 4 nitrogen and oxygen atoms in total. The van der Waals surface area contributed by atoms with Crippen LogP contribution in [0.2, 0.25) is 0 Å². The van der Waals surface area contributed by atoms with E-state index in [1.54, 1.807) is 6.20 Å². The third-order valence-electron chi connectivity index (χ3n) is 2.66. The smallest absolute Gasteiger partial charge is 0.328 e. The van der Waals surface area contributed by atoms with Crippen LogP contribution < -0.4 is 4.74 Å². The van der Waals surface area contributed by atoms with E-state index in [2.05, 4.69) is 11.9 Å². The fraction of sp³-hybridized carbons (Fsp3) is 0.200. The van der Waals surface area contributed by atoms with Gasteiger partial charge in [0.15, 0.2) is 0 Å². The Balaban J connectivity index is 1.91. The molecule has 0 bridgehead atoms. The lowest BCUT2D eigenvalue weighted by Crippen LogP contribution is -1.94. The Kier molecular flexibility index (Phi) is 4.90. The normalized spacial score (nSPS) is 10.8. The molecule has 20 heavy (non-hydrogen) atoms. The summed E-state index contributed by atoms with van der Waals surface area (Å²) in [6, 6.07) is 7.96. The van der Waals surface area contributed by atoms with Gasteiger partial charge in [0.05, 0.1) is 0 Å². The molecule has 0 atom stereocenters. The Morgan fingerprint density at radius 1 is 1.40 bits per heavy atom. The molecule has 0 spiro atoms. The second-order valence-corrected chi connectivity index (χ2v) is 5.26. The van der Waals surface area contributed by atoms with Crippen molar-refractivity contribution in [3.63, 3.8) is 0 Å². The lowest BCUT2D eigenvalue weighted by molar-refractivity contribution is -0.131. The van der Waals surface area contributed by atoms with E-state index in [4.69, 9.17) is 9.84 Å². The van der Waals surface area contributed by atoms with Crippen molar-refractivity contribution in [2.24, 2.45) is 0 Å². The monoisotopic (exact) mass is 289 g/mol. The zero-order chi connectivity index (χ0) is 14.4. The summed E-state index contributed by atoms with van der Waals surface area (Å²) in [6.07, 6.45) is 5.27. The summed E-state index contributed by atoms with van der Waals surface area (Å²) in [7, 11) is 0. The van der Waals surface area contributed by atoms with E-state index in [0.29, 0.717) is 6.61 Å². The van der Waals surface area contributed by atoms with Crippen LogP contribution in [0.5, 0.6) is 5.75 Å². The minimum atomic E-state index is -0.966. The van der Waals surface area contributed by atoms with Gasteiger partial charge in [-0.25, -0.2) is 9.78 Å². The van der Waals surface area contributed by atoms with E-state index in [1.165, 1.54) is 23.0 Å². The quantitative estimate of drug-likeness (QED) is 0.828. The van der Waals surface area contributed by atoms with E-state index in [9.17, 15) is 4.79 Å². The maximum atomic E-state index is 10.4. The number of thiazole rings is 1. The van der Waals surface area contributed by atoms with Gasteiger partial charge in [-0.15, -0.1) is 11.3 Å². The maximum absolute atomic E-state index is 10.4. The number of aryl methyl sites for hydroxylation is 1. The molecule has 0 radical (unpaired) electrons. The number of aromatic nitrogens is 1. The fourth-order valence-electron chi connectivity index (χ4n) is 1.59. The van der Waals surface area contributed by atoms with Gasteiger partial charge in [0.1, 0.15) is 17.4 Å². The van der Waals surface area contributed by atoms with Gasteiger partial charge in [0.2, 0.25) is 0 Å². The predicted octanol–water partition coefficient (Wildman–Crippen LogP) is 3.38. The van der Waals surface area contributed by atoms with Gasteiger partial charge < -0.3 is 9.84 Å². The van der Waals surface area contributed by atoms with E-state index < -0.39 is 5.97 Å². The number of carboxylic acids is 1. The van der Waals surface area contributed by atoms with Crippen molar-refractivity contribution < 1.29 is 14.6 Å². The predicted molar refractivity (Wildman–Crippen MR) is 78.9 cm³/mol. The Hall–Kier alpha value is -2.14. The number of carboxylic acid groups (broad SMARTS) is 1. The Bertz CT molecular complexity index is 602. The van der Waals surface area contributed by atoms with Crippen molar-refractivity contribution in [3.05, 3.63) is 52.0 Å². The molecular formula is C15H15NO3S.